The lowest BCUT2D eigenvalue weighted by atomic mass is 10.3. The van der Waals surface area contributed by atoms with Crippen molar-refractivity contribution in [3.63, 3.8) is 0 Å². The zero-order chi connectivity index (χ0) is 9.80. The molecule has 0 unspecified atom stereocenters. The van der Waals surface area contributed by atoms with Crippen molar-refractivity contribution in [2.75, 3.05) is 0 Å². The van der Waals surface area contributed by atoms with Gasteiger partial charge in [0.25, 0.3) is 0 Å². The van der Waals surface area contributed by atoms with Gasteiger partial charge in [0, 0.05) is 6.20 Å². The molecule has 0 amide bonds. The van der Waals surface area contributed by atoms with E-state index < -0.39 is 0 Å². The first-order valence-corrected chi connectivity index (χ1v) is 4.20. The van der Waals surface area contributed by atoms with Crippen LogP contribution in [0.15, 0.2) is 37.1 Å². The van der Waals surface area contributed by atoms with E-state index in [4.69, 9.17) is 0 Å². The van der Waals surface area contributed by atoms with E-state index in [2.05, 4.69) is 27.1 Å². The third-order valence-corrected chi connectivity index (χ3v) is 1.73. The third-order valence-electron chi connectivity index (χ3n) is 1.73. The fourth-order valence-electron chi connectivity index (χ4n) is 1.13. The van der Waals surface area contributed by atoms with Gasteiger partial charge in [-0.15, -0.1) is 11.7 Å². The maximum absolute atomic E-state index is 4.17. The van der Waals surface area contributed by atoms with Crippen LogP contribution in [0.5, 0.6) is 0 Å². The van der Waals surface area contributed by atoms with Gasteiger partial charge < -0.3 is 0 Å². The number of rotatable bonds is 3. The van der Waals surface area contributed by atoms with E-state index >= 15 is 0 Å². The van der Waals surface area contributed by atoms with Crippen LogP contribution in [0.1, 0.15) is 0 Å². The lowest BCUT2D eigenvalue weighted by Crippen LogP contribution is -2.01. The smallest absolute Gasteiger partial charge is 0.200 e. The van der Waals surface area contributed by atoms with E-state index in [9.17, 15) is 0 Å². The molecule has 5 nitrogen and oxygen atoms in total. The third kappa shape index (κ3) is 1.52. The predicted octanol–water partition coefficient (Wildman–Crippen LogP) is 0.921. The van der Waals surface area contributed by atoms with Crippen molar-refractivity contribution in [1.82, 2.24) is 25.2 Å². The zero-order valence-electron chi connectivity index (χ0n) is 7.54. The first-order valence-electron chi connectivity index (χ1n) is 4.20. The maximum atomic E-state index is 4.17. The molecule has 0 saturated heterocycles. The SMILES string of the molecule is C=CCn1nnnc1-c1ccccn1. The number of allylic oxidation sites excluding steroid dienone is 1. The molecule has 0 aliphatic carbocycles. The Kier molecular flexibility index (Phi) is 2.31. The van der Waals surface area contributed by atoms with Gasteiger partial charge in [-0.05, 0) is 22.6 Å². The fraction of sp³-hybridized carbons (Fsp3) is 0.111. The van der Waals surface area contributed by atoms with Crippen LogP contribution in [-0.2, 0) is 6.54 Å². The van der Waals surface area contributed by atoms with Gasteiger partial charge in [0.05, 0.1) is 6.54 Å². The summed E-state index contributed by atoms with van der Waals surface area (Å²) in [5.74, 6) is 0.658. The average molecular weight is 187 g/mol. The van der Waals surface area contributed by atoms with E-state index in [1.807, 2.05) is 18.2 Å². The topological polar surface area (TPSA) is 56.5 Å². The lowest BCUT2D eigenvalue weighted by molar-refractivity contribution is 0.664. The van der Waals surface area contributed by atoms with Crippen molar-refractivity contribution in [1.29, 1.82) is 0 Å². The average Bonchev–Trinajstić information content (AvgIpc) is 2.68. The minimum absolute atomic E-state index is 0.582. The standard InChI is InChI=1S/C9H9N5/c1-2-7-14-9(11-12-13-14)8-5-3-4-6-10-8/h2-6H,1,7H2. The quantitative estimate of drug-likeness (QED) is 0.670. The molecule has 0 fully saturated rings. The molecule has 0 spiro atoms. The molecule has 0 saturated carbocycles. The fourth-order valence-corrected chi connectivity index (χ4v) is 1.13. The second kappa shape index (κ2) is 3.78. The van der Waals surface area contributed by atoms with Crippen molar-refractivity contribution < 1.29 is 0 Å². The van der Waals surface area contributed by atoms with Crippen LogP contribution in [0, 0.1) is 0 Å². The van der Waals surface area contributed by atoms with E-state index in [1.54, 1.807) is 17.0 Å². The van der Waals surface area contributed by atoms with Gasteiger partial charge in [-0.25, -0.2) is 4.68 Å². The highest BCUT2D eigenvalue weighted by molar-refractivity contribution is 5.47. The van der Waals surface area contributed by atoms with E-state index in [0.29, 0.717) is 12.4 Å². The number of hydrogen-bond acceptors (Lipinski definition) is 4. The Morgan fingerprint density at radius 2 is 2.36 bits per heavy atom. The molecule has 14 heavy (non-hydrogen) atoms. The molecule has 0 bridgehead atoms. The van der Waals surface area contributed by atoms with Crippen molar-refractivity contribution in [3.05, 3.63) is 37.1 Å². The summed E-state index contributed by atoms with van der Waals surface area (Å²) in [6.45, 7) is 4.22. The molecule has 2 aromatic rings. The Balaban J connectivity index is 2.41. The minimum Gasteiger partial charge on any atom is -0.253 e. The normalized spacial score (nSPS) is 10.0. The lowest BCUT2D eigenvalue weighted by Gasteiger charge is -1.99. The molecular formula is C9H9N5. The van der Waals surface area contributed by atoms with Crippen LogP contribution < -0.4 is 0 Å². The molecule has 0 radical (unpaired) electrons. The van der Waals surface area contributed by atoms with Gasteiger partial charge in [0.1, 0.15) is 5.69 Å². The van der Waals surface area contributed by atoms with Crippen LogP contribution in [0.4, 0.5) is 0 Å². The summed E-state index contributed by atoms with van der Waals surface area (Å²) in [6, 6.07) is 5.62. The van der Waals surface area contributed by atoms with Crippen LogP contribution in [0.2, 0.25) is 0 Å². The number of nitrogens with zero attached hydrogens (tertiary/aromatic N) is 5. The summed E-state index contributed by atoms with van der Waals surface area (Å²) >= 11 is 0. The predicted molar refractivity (Wildman–Crippen MR) is 51.2 cm³/mol. The summed E-state index contributed by atoms with van der Waals surface area (Å²) in [5, 5.41) is 11.3. The molecule has 5 heteroatoms. The van der Waals surface area contributed by atoms with Crippen LogP contribution >= 0.6 is 0 Å². The number of aromatic nitrogens is 5. The van der Waals surface area contributed by atoms with E-state index in [1.165, 1.54) is 0 Å². The van der Waals surface area contributed by atoms with Gasteiger partial charge in [-0.2, -0.15) is 0 Å². The van der Waals surface area contributed by atoms with Gasteiger partial charge in [0.2, 0.25) is 5.82 Å². The second-order valence-corrected chi connectivity index (χ2v) is 2.69. The highest BCUT2D eigenvalue weighted by Gasteiger charge is 2.07. The Morgan fingerprint density at radius 3 is 3.07 bits per heavy atom. The minimum atomic E-state index is 0.582. The van der Waals surface area contributed by atoms with Gasteiger partial charge in [0.15, 0.2) is 0 Å². The second-order valence-electron chi connectivity index (χ2n) is 2.69. The van der Waals surface area contributed by atoms with Gasteiger partial charge >= 0.3 is 0 Å². The molecule has 0 aromatic carbocycles. The molecule has 70 valence electrons. The Hall–Kier alpha value is -2.04. The zero-order valence-corrected chi connectivity index (χ0v) is 7.54. The summed E-state index contributed by atoms with van der Waals surface area (Å²) < 4.78 is 1.65. The van der Waals surface area contributed by atoms with E-state index in [0.717, 1.165) is 5.69 Å². The number of tetrazole rings is 1. The first-order chi connectivity index (χ1) is 6.92. The molecule has 2 heterocycles. The molecule has 0 aliphatic rings. The van der Waals surface area contributed by atoms with Crippen molar-refractivity contribution in [2.24, 2.45) is 0 Å². The summed E-state index contributed by atoms with van der Waals surface area (Å²) in [5.41, 5.74) is 0.763. The van der Waals surface area contributed by atoms with Gasteiger partial charge in [-0.1, -0.05) is 12.1 Å². The molecule has 0 aliphatic heterocycles. The maximum Gasteiger partial charge on any atom is 0.200 e. The molecule has 0 atom stereocenters. The molecular weight excluding hydrogens is 178 g/mol. The summed E-state index contributed by atoms with van der Waals surface area (Å²) in [6.07, 6.45) is 3.45. The Bertz CT molecular complexity index is 420. The number of hydrogen-bond donors (Lipinski definition) is 0. The Morgan fingerprint density at radius 1 is 1.43 bits per heavy atom. The largest absolute Gasteiger partial charge is 0.253 e. The van der Waals surface area contributed by atoms with Crippen molar-refractivity contribution in [2.45, 2.75) is 6.54 Å². The van der Waals surface area contributed by atoms with Crippen molar-refractivity contribution in [3.8, 4) is 11.5 Å². The van der Waals surface area contributed by atoms with Crippen LogP contribution in [0.25, 0.3) is 11.5 Å². The van der Waals surface area contributed by atoms with Crippen LogP contribution in [-0.4, -0.2) is 25.2 Å². The van der Waals surface area contributed by atoms with Crippen LogP contribution in [0.3, 0.4) is 0 Å². The molecule has 0 N–H and O–H groups in total. The van der Waals surface area contributed by atoms with Crippen molar-refractivity contribution >= 4 is 0 Å². The van der Waals surface area contributed by atoms with E-state index in [-0.39, 0.29) is 0 Å². The monoisotopic (exact) mass is 187 g/mol. The Labute approximate surface area is 81.1 Å². The highest BCUT2D eigenvalue weighted by Crippen LogP contribution is 2.10. The molecule has 2 aromatic heterocycles. The highest BCUT2D eigenvalue weighted by atomic mass is 15.5. The summed E-state index contributed by atoms with van der Waals surface area (Å²) in [4.78, 5) is 4.17. The number of pyridine rings is 1. The molecule has 2 rings (SSSR count). The van der Waals surface area contributed by atoms with Gasteiger partial charge in [-0.3, -0.25) is 4.98 Å². The summed E-state index contributed by atoms with van der Waals surface area (Å²) in [7, 11) is 0. The first kappa shape index (κ1) is 8.55.